The summed E-state index contributed by atoms with van der Waals surface area (Å²) in [5.41, 5.74) is 6.89. The molecule has 0 atom stereocenters. The molecule has 4 N–H and O–H groups in total. The number of aromatic nitrogens is 1. The van der Waals surface area contributed by atoms with Crippen LogP contribution >= 0.6 is 0 Å². The monoisotopic (exact) mass is 291 g/mol. The minimum Gasteiger partial charge on any atom is -0.481 e. The molecule has 0 radical (unpaired) electrons. The Morgan fingerprint density at radius 1 is 1.29 bits per heavy atom. The first-order chi connectivity index (χ1) is 9.97. The van der Waals surface area contributed by atoms with Crippen LogP contribution in [0, 0.1) is 0 Å². The molecule has 1 aromatic heterocycles. The lowest BCUT2D eigenvalue weighted by Crippen LogP contribution is -2.44. The zero-order valence-electron chi connectivity index (χ0n) is 12.0. The van der Waals surface area contributed by atoms with Gasteiger partial charge in [0.25, 0.3) is 0 Å². The minimum absolute atomic E-state index is 0.118. The molecule has 0 saturated heterocycles. The van der Waals surface area contributed by atoms with E-state index < -0.39 is 5.97 Å². The van der Waals surface area contributed by atoms with Gasteiger partial charge in [-0.15, -0.1) is 0 Å². The molecule has 0 aliphatic heterocycles. The number of amides is 1. The number of carboxylic acids is 1. The summed E-state index contributed by atoms with van der Waals surface area (Å²) in [6, 6.07) is 3.26. The standard InChI is InChI=1S/C15H21N3O3/c16-15(6-2-1-3-7-15)9-13(19)18-12-5-4-11(17-10-12)8-14(20)21/h4-5,10H,1-3,6-9,16H2,(H,18,19)(H,20,21). The SMILES string of the molecule is NC1(CC(=O)Nc2ccc(CC(=O)O)nc2)CCCCC1. The van der Waals surface area contributed by atoms with E-state index in [4.69, 9.17) is 10.8 Å². The lowest BCUT2D eigenvalue weighted by molar-refractivity contribution is -0.136. The molecule has 0 unspecified atom stereocenters. The van der Waals surface area contributed by atoms with E-state index in [1.54, 1.807) is 12.1 Å². The fraction of sp³-hybridized carbons (Fsp3) is 0.533. The van der Waals surface area contributed by atoms with Gasteiger partial charge in [-0.2, -0.15) is 0 Å². The van der Waals surface area contributed by atoms with Gasteiger partial charge in [0.15, 0.2) is 0 Å². The largest absolute Gasteiger partial charge is 0.481 e. The molecule has 21 heavy (non-hydrogen) atoms. The van der Waals surface area contributed by atoms with E-state index in [-0.39, 0.29) is 17.9 Å². The van der Waals surface area contributed by atoms with Gasteiger partial charge in [-0.25, -0.2) is 0 Å². The van der Waals surface area contributed by atoms with Crippen LogP contribution in [-0.4, -0.2) is 27.5 Å². The molecule has 1 amide bonds. The molecule has 1 heterocycles. The van der Waals surface area contributed by atoms with Gasteiger partial charge in [0, 0.05) is 12.0 Å². The zero-order valence-corrected chi connectivity index (χ0v) is 12.0. The van der Waals surface area contributed by atoms with Gasteiger partial charge in [-0.05, 0) is 25.0 Å². The Bertz CT molecular complexity index is 507. The van der Waals surface area contributed by atoms with Gasteiger partial charge in [0.2, 0.25) is 5.91 Å². The summed E-state index contributed by atoms with van der Waals surface area (Å²) >= 11 is 0. The van der Waals surface area contributed by atoms with Crippen molar-refractivity contribution in [1.82, 2.24) is 4.98 Å². The van der Waals surface area contributed by atoms with E-state index >= 15 is 0 Å². The molecule has 1 saturated carbocycles. The maximum Gasteiger partial charge on any atom is 0.309 e. The highest BCUT2D eigenvalue weighted by Crippen LogP contribution is 2.28. The number of nitrogens with two attached hydrogens (primary N) is 1. The second kappa shape index (κ2) is 6.67. The predicted octanol–water partition coefficient (Wildman–Crippen LogP) is 1.70. The number of hydrogen-bond donors (Lipinski definition) is 3. The average Bonchev–Trinajstić information content (AvgIpc) is 2.40. The van der Waals surface area contributed by atoms with Gasteiger partial charge in [0.1, 0.15) is 0 Å². The molecule has 0 aromatic carbocycles. The maximum atomic E-state index is 12.0. The smallest absolute Gasteiger partial charge is 0.309 e. The molecule has 0 bridgehead atoms. The number of hydrogen-bond acceptors (Lipinski definition) is 4. The highest BCUT2D eigenvalue weighted by molar-refractivity contribution is 5.91. The van der Waals surface area contributed by atoms with Crippen molar-refractivity contribution < 1.29 is 14.7 Å². The Hall–Kier alpha value is -1.95. The summed E-state index contributed by atoms with van der Waals surface area (Å²) < 4.78 is 0. The van der Waals surface area contributed by atoms with E-state index in [9.17, 15) is 9.59 Å². The number of carbonyl (C=O) groups is 2. The van der Waals surface area contributed by atoms with Crippen LogP contribution < -0.4 is 11.1 Å². The van der Waals surface area contributed by atoms with Gasteiger partial charge in [-0.1, -0.05) is 19.3 Å². The number of pyridine rings is 1. The predicted molar refractivity (Wildman–Crippen MR) is 78.8 cm³/mol. The quantitative estimate of drug-likeness (QED) is 0.765. The number of carbonyl (C=O) groups excluding carboxylic acids is 1. The zero-order chi connectivity index (χ0) is 15.3. The van der Waals surface area contributed by atoms with Gasteiger partial charge in [-0.3, -0.25) is 14.6 Å². The van der Waals surface area contributed by atoms with Crippen LogP contribution in [0.4, 0.5) is 5.69 Å². The van der Waals surface area contributed by atoms with E-state index in [0.717, 1.165) is 25.7 Å². The molecule has 6 heteroatoms. The van der Waals surface area contributed by atoms with Crippen molar-refractivity contribution in [3.8, 4) is 0 Å². The molecule has 1 aliphatic carbocycles. The molecule has 114 valence electrons. The van der Waals surface area contributed by atoms with Crippen molar-refractivity contribution in [2.45, 2.75) is 50.5 Å². The van der Waals surface area contributed by atoms with Crippen LogP contribution in [0.3, 0.4) is 0 Å². The molecule has 1 aromatic rings. The first-order valence-electron chi connectivity index (χ1n) is 7.22. The van der Waals surface area contributed by atoms with Crippen LogP contribution in [0.2, 0.25) is 0 Å². The summed E-state index contributed by atoms with van der Waals surface area (Å²) in [6.45, 7) is 0. The Labute approximate surface area is 123 Å². The third-order valence-electron chi connectivity index (χ3n) is 3.80. The lowest BCUT2D eigenvalue weighted by Gasteiger charge is -2.32. The van der Waals surface area contributed by atoms with Crippen LogP contribution in [0.5, 0.6) is 0 Å². The molecule has 1 fully saturated rings. The Kier molecular flexibility index (Phi) is 4.90. The van der Waals surface area contributed by atoms with Crippen LogP contribution in [0.1, 0.15) is 44.2 Å². The first kappa shape index (κ1) is 15.4. The second-order valence-electron chi connectivity index (χ2n) is 5.76. The number of anilines is 1. The fourth-order valence-corrected chi connectivity index (χ4v) is 2.72. The van der Waals surface area contributed by atoms with Crippen molar-refractivity contribution in [2.24, 2.45) is 5.73 Å². The highest BCUT2D eigenvalue weighted by Gasteiger charge is 2.29. The van der Waals surface area contributed by atoms with Crippen molar-refractivity contribution in [3.63, 3.8) is 0 Å². The van der Waals surface area contributed by atoms with E-state index in [1.165, 1.54) is 12.6 Å². The van der Waals surface area contributed by atoms with Crippen LogP contribution in [0.25, 0.3) is 0 Å². The lowest BCUT2D eigenvalue weighted by atomic mass is 9.80. The topological polar surface area (TPSA) is 105 Å². The van der Waals surface area contributed by atoms with Crippen molar-refractivity contribution >= 4 is 17.6 Å². The molecular weight excluding hydrogens is 270 g/mol. The summed E-state index contributed by atoms with van der Waals surface area (Å²) in [5, 5.41) is 11.4. The van der Waals surface area contributed by atoms with E-state index in [1.807, 2.05) is 0 Å². The number of carboxylic acid groups (broad SMARTS) is 1. The molecule has 0 spiro atoms. The summed E-state index contributed by atoms with van der Waals surface area (Å²) in [5.74, 6) is -1.05. The van der Waals surface area contributed by atoms with Crippen molar-refractivity contribution in [2.75, 3.05) is 5.32 Å². The molecule has 1 aliphatic rings. The van der Waals surface area contributed by atoms with E-state index in [2.05, 4.69) is 10.3 Å². The second-order valence-corrected chi connectivity index (χ2v) is 5.76. The summed E-state index contributed by atoms with van der Waals surface area (Å²) in [6.07, 6.45) is 6.77. The normalized spacial score (nSPS) is 17.2. The van der Waals surface area contributed by atoms with Crippen LogP contribution in [0.15, 0.2) is 18.3 Å². The number of aliphatic carboxylic acids is 1. The minimum atomic E-state index is -0.929. The Morgan fingerprint density at radius 2 is 2.00 bits per heavy atom. The van der Waals surface area contributed by atoms with Gasteiger partial charge in [0.05, 0.1) is 24.0 Å². The Morgan fingerprint density at radius 3 is 2.57 bits per heavy atom. The highest BCUT2D eigenvalue weighted by atomic mass is 16.4. The summed E-state index contributed by atoms with van der Waals surface area (Å²) in [4.78, 5) is 26.6. The summed E-state index contributed by atoms with van der Waals surface area (Å²) in [7, 11) is 0. The third-order valence-corrected chi connectivity index (χ3v) is 3.80. The number of nitrogens with zero attached hydrogens (tertiary/aromatic N) is 1. The van der Waals surface area contributed by atoms with Crippen LogP contribution in [-0.2, 0) is 16.0 Å². The fourth-order valence-electron chi connectivity index (χ4n) is 2.72. The maximum absolute atomic E-state index is 12.0. The number of nitrogens with one attached hydrogen (secondary N) is 1. The first-order valence-corrected chi connectivity index (χ1v) is 7.22. The molecule has 6 nitrogen and oxygen atoms in total. The van der Waals surface area contributed by atoms with Crippen molar-refractivity contribution in [1.29, 1.82) is 0 Å². The molecule has 2 rings (SSSR count). The third kappa shape index (κ3) is 4.82. The van der Waals surface area contributed by atoms with Gasteiger partial charge >= 0.3 is 5.97 Å². The van der Waals surface area contributed by atoms with Gasteiger partial charge < -0.3 is 16.2 Å². The van der Waals surface area contributed by atoms with Crippen molar-refractivity contribution in [3.05, 3.63) is 24.0 Å². The van der Waals surface area contributed by atoms with E-state index in [0.29, 0.717) is 17.8 Å². The molecular formula is C15H21N3O3. The Balaban J connectivity index is 1.88. The average molecular weight is 291 g/mol. The number of rotatable bonds is 5.